The van der Waals surface area contributed by atoms with Crippen molar-refractivity contribution in [3.8, 4) is 62.2 Å². The van der Waals surface area contributed by atoms with Crippen LogP contribution in [0, 0.1) is 11.3 Å². The first-order chi connectivity index (χ1) is 26.5. The predicted molar refractivity (Wildman–Crippen MR) is 218 cm³/mol. The summed E-state index contributed by atoms with van der Waals surface area (Å²) in [7, 11) is 0. The summed E-state index contributed by atoms with van der Waals surface area (Å²) in [5.74, 6) is 0.640. The first-order valence-electron chi connectivity index (χ1n) is 18.5. The van der Waals surface area contributed by atoms with E-state index in [1.165, 1.54) is 50.1 Å². The van der Waals surface area contributed by atoms with Gasteiger partial charge < -0.3 is 0 Å². The van der Waals surface area contributed by atoms with Gasteiger partial charge in [-0.15, -0.1) is 0 Å². The zero-order valence-electron chi connectivity index (χ0n) is 30.1. The molecule has 7 aromatic carbocycles. The smallest absolute Gasteiger partial charge is 0.160 e. The first kappa shape index (κ1) is 31.8. The summed E-state index contributed by atoms with van der Waals surface area (Å²) in [6, 6.07) is 64.8. The van der Waals surface area contributed by atoms with Gasteiger partial charge in [-0.2, -0.15) is 5.26 Å². The van der Waals surface area contributed by atoms with Crippen LogP contribution < -0.4 is 0 Å². The SMILES string of the molecule is CC1(C)c2ccccc2C2(c3ccccc3-c3c(-c4ccc(-c5nc(-c6ccccc6)cc(-c6cccc(C#N)c6)n5)cc4)cccc32)c2ccccc21. The van der Waals surface area contributed by atoms with Gasteiger partial charge in [0.1, 0.15) is 0 Å². The highest BCUT2D eigenvalue weighted by atomic mass is 14.9. The minimum Gasteiger partial charge on any atom is -0.228 e. The largest absolute Gasteiger partial charge is 0.228 e. The van der Waals surface area contributed by atoms with Gasteiger partial charge in [-0.3, -0.25) is 0 Å². The van der Waals surface area contributed by atoms with Gasteiger partial charge in [0.2, 0.25) is 0 Å². The second-order valence-electron chi connectivity index (χ2n) is 14.8. The van der Waals surface area contributed by atoms with E-state index >= 15 is 0 Å². The van der Waals surface area contributed by atoms with Crippen molar-refractivity contribution in [2.75, 3.05) is 0 Å². The number of benzene rings is 7. The van der Waals surface area contributed by atoms with Crippen molar-refractivity contribution in [1.29, 1.82) is 5.26 Å². The number of nitriles is 1. The summed E-state index contributed by atoms with van der Waals surface area (Å²) in [4.78, 5) is 10.1. The standard InChI is InChI=1S/C51H35N3/c1-50(2)41-21-8-10-23-43(41)51(44-24-11-9-22-42(44)50)40-20-7-6-18-39(40)48-38(19-13-25-45(48)51)34-26-28-36(29-27-34)49-53-46(35-15-4-3-5-16-35)31-47(54-49)37-17-12-14-33(30-37)32-52/h3-31H,1-2H3. The Hall–Kier alpha value is -6.89. The number of nitrogens with zero attached hydrogens (tertiary/aromatic N) is 3. The molecule has 1 heterocycles. The van der Waals surface area contributed by atoms with E-state index in [1.54, 1.807) is 0 Å². The van der Waals surface area contributed by atoms with Gasteiger partial charge in [-0.1, -0.05) is 172 Å². The molecular weight excluding hydrogens is 655 g/mol. The lowest BCUT2D eigenvalue weighted by Gasteiger charge is -2.46. The Kier molecular flexibility index (Phi) is 7.12. The van der Waals surface area contributed by atoms with Crippen LogP contribution in [0.1, 0.15) is 52.8 Å². The van der Waals surface area contributed by atoms with E-state index in [2.05, 4.69) is 147 Å². The number of hydrogen-bond acceptors (Lipinski definition) is 3. The molecule has 54 heavy (non-hydrogen) atoms. The summed E-state index contributed by atoms with van der Waals surface area (Å²) in [5.41, 5.74) is 17.5. The molecule has 0 fully saturated rings. The maximum Gasteiger partial charge on any atom is 0.160 e. The van der Waals surface area contributed by atoms with E-state index in [-0.39, 0.29) is 5.41 Å². The zero-order chi connectivity index (χ0) is 36.4. The molecule has 8 aromatic rings. The summed E-state index contributed by atoms with van der Waals surface area (Å²) >= 11 is 0. The summed E-state index contributed by atoms with van der Waals surface area (Å²) < 4.78 is 0. The number of fused-ring (bicyclic) bond motifs is 9. The quantitative estimate of drug-likeness (QED) is 0.185. The van der Waals surface area contributed by atoms with Crippen LogP contribution in [-0.2, 0) is 10.8 Å². The molecule has 1 aromatic heterocycles. The second-order valence-corrected chi connectivity index (χ2v) is 14.8. The molecule has 0 N–H and O–H groups in total. The highest BCUT2D eigenvalue weighted by Crippen LogP contribution is 2.63. The topological polar surface area (TPSA) is 49.6 Å². The van der Waals surface area contributed by atoms with Crippen LogP contribution in [0.5, 0.6) is 0 Å². The molecule has 1 spiro atoms. The van der Waals surface area contributed by atoms with E-state index < -0.39 is 5.41 Å². The van der Waals surface area contributed by atoms with E-state index in [0.29, 0.717) is 11.4 Å². The molecule has 254 valence electrons. The third kappa shape index (κ3) is 4.60. The lowest BCUT2D eigenvalue weighted by Crippen LogP contribution is -2.40. The highest BCUT2D eigenvalue weighted by molar-refractivity contribution is 5.96. The van der Waals surface area contributed by atoms with E-state index in [9.17, 15) is 5.26 Å². The van der Waals surface area contributed by atoms with E-state index in [1.807, 2.05) is 48.5 Å². The van der Waals surface area contributed by atoms with Crippen LogP contribution in [-0.4, -0.2) is 9.97 Å². The van der Waals surface area contributed by atoms with Crippen molar-refractivity contribution in [1.82, 2.24) is 9.97 Å². The van der Waals surface area contributed by atoms with Gasteiger partial charge in [0.15, 0.2) is 5.82 Å². The Morgan fingerprint density at radius 1 is 0.426 bits per heavy atom. The summed E-state index contributed by atoms with van der Waals surface area (Å²) in [6.45, 7) is 4.73. The van der Waals surface area contributed by atoms with Crippen LogP contribution in [0.25, 0.3) is 56.2 Å². The van der Waals surface area contributed by atoms with Crippen molar-refractivity contribution in [3.05, 3.63) is 215 Å². The summed E-state index contributed by atoms with van der Waals surface area (Å²) in [5, 5.41) is 9.60. The molecule has 3 heteroatoms. The Bertz CT molecular complexity index is 2760. The van der Waals surface area contributed by atoms with E-state index in [4.69, 9.17) is 9.97 Å². The molecule has 0 saturated carbocycles. The first-order valence-corrected chi connectivity index (χ1v) is 18.5. The molecule has 3 nitrogen and oxygen atoms in total. The van der Waals surface area contributed by atoms with Gasteiger partial charge in [0.25, 0.3) is 0 Å². The number of hydrogen-bond donors (Lipinski definition) is 0. The van der Waals surface area contributed by atoms with E-state index in [0.717, 1.165) is 33.6 Å². The number of rotatable bonds is 4. The fourth-order valence-electron chi connectivity index (χ4n) is 9.18. The average Bonchev–Trinajstić information content (AvgIpc) is 3.54. The normalized spacial score (nSPS) is 14.0. The molecule has 2 aliphatic carbocycles. The molecular formula is C51H35N3. The van der Waals surface area contributed by atoms with Gasteiger partial charge in [0.05, 0.1) is 28.4 Å². The Labute approximate surface area is 315 Å². The van der Waals surface area contributed by atoms with Gasteiger partial charge in [-0.05, 0) is 73.8 Å². The average molecular weight is 690 g/mol. The Morgan fingerprint density at radius 2 is 0.944 bits per heavy atom. The highest BCUT2D eigenvalue weighted by Gasteiger charge is 2.53. The van der Waals surface area contributed by atoms with Crippen molar-refractivity contribution < 1.29 is 0 Å². The second kappa shape index (κ2) is 12.1. The third-order valence-electron chi connectivity index (χ3n) is 11.6. The molecule has 10 rings (SSSR count). The van der Waals surface area contributed by atoms with Crippen molar-refractivity contribution >= 4 is 0 Å². The molecule has 0 unspecified atom stereocenters. The zero-order valence-corrected chi connectivity index (χ0v) is 30.1. The Morgan fingerprint density at radius 3 is 1.63 bits per heavy atom. The maximum absolute atomic E-state index is 9.60. The van der Waals surface area contributed by atoms with Gasteiger partial charge in [0, 0.05) is 22.1 Å². The molecule has 0 radical (unpaired) electrons. The number of aromatic nitrogens is 2. The third-order valence-corrected chi connectivity index (χ3v) is 11.6. The lowest BCUT2D eigenvalue weighted by molar-refractivity contribution is 0.563. The van der Waals surface area contributed by atoms with Gasteiger partial charge >= 0.3 is 0 Å². The van der Waals surface area contributed by atoms with Crippen molar-refractivity contribution in [2.45, 2.75) is 24.7 Å². The molecule has 0 bridgehead atoms. The fraction of sp³-hybridized carbons (Fsp3) is 0.0784. The van der Waals surface area contributed by atoms with Crippen LogP contribution in [0.4, 0.5) is 0 Å². The molecule has 0 amide bonds. The van der Waals surface area contributed by atoms with Crippen LogP contribution in [0.2, 0.25) is 0 Å². The van der Waals surface area contributed by atoms with Crippen LogP contribution in [0.15, 0.2) is 176 Å². The summed E-state index contributed by atoms with van der Waals surface area (Å²) in [6.07, 6.45) is 0. The molecule has 0 aliphatic heterocycles. The molecule has 0 atom stereocenters. The van der Waals surface area contributed by atoms with Crippen molar-refractivity contribution in [2.24, 2.45) is 0 Å². The Balaban J connectivity index is 1.14. The fourth-order valence-corrected chi connectivity index (χ4v) is 9.18. The van der Waals surface area contributed by atoms with Crippen LogP contribution >= 0.6 is 0 Å². The minimum absolute atomic E-state index is 0.137. The van der Waals surface area contributed by atoms with Gasteiger partial charge in [-0.25, -0.2) is 9.97 Å². The van der Waals surface area contributed by atoms with Crippen LogP contribution in [0.3, 0.4) is 0 Å². The molecule has 0 saturated heterocycles. The minimum atomic E-state index is -0.435. The van der Waals surface area contributed by atoms with Crippen molar-refractivity contribution in [3.63, 3.8) is 0 Å². The monoisotopic (exact) mass is 689 g/mol. The maximum atomic E-state index is 9.60. The predicted octanol–water partition coefficient (Wildman–Crippen LogP) is 12.0. The lowest BCUT2D eigenvalue weighted by atomic mass is 9.55. The molecule has 2 aliphatic rings.